The van der Waals surface area contributed by atoms with E-state index in [4.69, 9.17) is 4.99 Å². The average Bonchev–Trinajstić information content (AvgIpc) is 3.12. The molecule has 0 radical (unpaired) electrons. The van der Waals surface area contributed by atoms with Crippen molar-refractivity contribution in [1.82, 2.24) is 4.90 Å². The van der Waals surface area contributed by atoms with Crippen LogP contribution in [0.1, 0.15) is 59.3 Å². The Labute approximate surface area is 173 Å². The van der Waals surface area contributed by atoms with Gasteiger partial charge in [-0.3, -0.25) is 9.79 Å². The van der Waals surface area contributed by atoms with Crippen LogP contribution in [0.15, 0.2) is 54.0 Å². The quantitative estimate of drug-likeness (QED) is 0.517. The highest BCUT2D eigenvalue weighted by Gasteiger charge is 2.26. The summed E-state index contributed by atoms with van der Waals surface area (Å²) in [5.74, 6) is 0.441. The van der Waals surface area contributed by atoms with E-state index in [0.717, 1.165) is 40.8 Å². The molecule has 1 heterocycles. The molecule has 152 valence electrons. The van der Waals surface area contributed by atoms with Crippen molar-refractivity contribution < 1.29 is 9.90 Å². The molecule has 1 aliphatic rings. The van der Waals surface area contributed by atoms with Crippen LogP contribution in [0.25, 0.3) is 0 Å². The lowest BCUT2D eigenvalue weighted by Gasteiger charge is -2.19. The van der Waals surface area contributed by atoms with Crippen LogP contribution in [-0.4, -0.2) is 28.2 Å². The van der Waals surface area contributed by atoms with Gasteiger partial charge in [0.05, 0.1) is 12.1 Å². The third kappa shape index (κ3) is 4.76. The lowest BCUT2D eigenvalue weighted by molar-refractivity contribution is 0.0748. The monoisotopic (exact) mass is 390 g/mol. The summed E-state index contributed by atoms with van der Waals surface area (Å²) in [6.45, 7) is 11.8. The highest BCUT2D eigenvalue weighted by Crippen LogP contribution is 2.29. The number of hydrogen-bond donors (Lipinski definition) is 1. The lowest BCUT2D eigenvalue weighted by Crippen LogP contribution is -2.25. The summed E-state index contributed by atoms with van der Waals surface area (Å²) in [7, 11) is 0. The van der Waals surface area contributed by atoms with Crippen molar-refractivity contribution in [3.8, 4) is 5.75 Å². The minimum atomic E-state index is -0.146. The van der Waals surface area contributed by atoms with Gasteiger partial charge in [0, 0.05) is 18.8 Å². The summed E-state index contributed by atoms with van der Waals surface area (Å²) in [6.07, 6.45) is 3.62. The zero-order valence-electron chi connectivity index (χ0n) is 17.6. The molecule has 1 aliphatic heterocycles. The Morgan fingerprint density at radius 3 is 2.45 bits per heavy atom. The van der Waals surface area contributed by atoms with Crippen molar-refractivity contribution in [2.75, 3.05) is 6.54 Å². The molecule has 0 bridgehead atoms. The fraction of sp³-hybridized carbons (Fsp3) is 0.360. The largest absolute Gasteiger partial charge is 0.507 e. The number of nitrogens with zero attached hydrogens (tertiary/aromatic N) is 2. The van der Waals surface area contributed by atoms with Crippen LogP contribution in [0, 0.1) is 12.8 Å². The van der Waals surface area contributed by atoms with Crippen molar-refractivity contribution in [2.45, 2.75) is 46.7 Å². The first kappa shape index (κ1) is 20.8. The van der Waals surface area contributed by atoms with E-state index in [1.54, 1.807) is 17.0 Å². The van der Waals surface area contributed by atoms with Gasteiger partial charge in [0.2, 0.25) is 0 Å². The Morgan fingerprint density at radius 2 is 1.86 bits per heavy atom. The predicted molar refractivity (Wildman–Crippen MR) is 119 cm³/mol. The number of fused-ring (bicyclic) bond motifs is 1. The summed E-state index contributed by atoms with van der Waals surface area (Å²) in [6, 6.07) is 11.6. The van der Waals surface area contributed by atoms with Crippen LogP contribution in [0.3, 0.4) is 0 Å². The Hall–Kier alpha value is -2.88. The summed E-state index contributed by atoms with van der Waals surface area (Å²) in [5, 5.41) is 10.5. The number of amides is 1. The van der Waals surface area contributed by atoms with Gasteiger partial charge in [-0.25, -0.2) is 0 Å². The smallest absolute Gasteiger partial charge is 0.258 e. The molecule has 0 saturated carbocycles. The molecule has 0 saturated heterocycles. The van der Waals surface area contributed by atoms with E-state index in [2.05, 4.69) is 32.6 Å². The Balaban J connectivity index is 1.92. The number of aliphatic imine (C=N–C) groups is 1. The first-order valence-corrected chi connectivity index (χ1v) is 10.2. The molecule has 0 aliphatic carbocycles. The second-order valence-corrected chi connectivity index (χ2v) is 8.12. The van der Waals surface area contributed by atoms with E-state index in [0.29, 0.717) is 31.1 Å². The number of aryl methyl sites for hydroxylation is 1. The van der Waals surface area contributed by atoms with Gasteiger partial charge in [0.1, 0.15) is 5.75 Å². The maximum Gasteiger partial charge on any atom is 0.258 e. The third-order valence-electron chi connectivity index (χ3n) is 5.38. The van der Waals surface area contributed by atoms with E-state index in [9.17, 15) is 9.90 Å². The summed E-state index contributed by atoms with van der Waals surface area (Å²) in [4.78, 5) is 19.7. The number of carbonyl (C=O) groups is 1. The van der Waals surface area contributed by atoms with Crippen molar-refractivity contribution in [3.05, 3.63) is 76.9 Å². The molecule has 0 fully saturated rings. The molecule has 0 atom stereocenters. The van der Waals surface area contributed by atoms with Gasteiger partial charge in [-0.2, -0.15) is 0 Å². The molecule has 0 aromatic heterocycles. The van der Waals surface area contributed by atoms with Crippen molar-refractivity contribution >= 4 is 11.6 Å². The fourth-order valence-corrected chi connectivity index (χ4v) is 3.72. The van der Waals surface area contributed by atoms with Crippen LogP contribution in [0.5, 0.6) is 5.75 Å². The first-order chi connectivity index (χ1) is 13.9. The molecule has 1 N–H and O–H groups in total. The maximum atomic E-state index is 13.2. The van der Waals surface area contributed by atoms with Gasteiger partial charge >= 0.3 is 0 Å². The Morgan fingerprint density at radius 1 is 1.21 bits per heavy atom. The second kappa shape index (κ2) is 9.08. The van der Waals surface area contributed by atoms with Gasteiger partial charge in [-0.05, 0) is 60.1 Å². The molecule has 4 heteroatoms. The van der Waals surface area contributed by atoms with Gasteiger partial charge in [-0.15, -0.1) is 6.58 Å². The van der Waals surface area contributed by atoms with Gasteiger partial charge in [-0.1, -0.05) is 44.2 Å². The second-order valence-electron chi connectivity index (χ2n) is 8.12. The number of hydrogen-bond acceptors (Lipinski definition) is 3. The minimum Gasteiger partial charge on any atom is -0.507 e. The van der Waals surface area contributed by atoms with Crippen molar-refractivity contribution in [3.63, 3.8) is 0 Å². The zero-order chi connectivity index (χ0) is 21.0. The fourth-order valence-electron chi connectivity index (χ4n) is 3.72. The molecule has 4 nitrogen and oxygen atoms in total. The zero-order valence-corrected chi connectivity index (χ0v) is 17.6. The number of carbonyl (C=O) groups excluding carboxylic acids is 1. The van der Waals surface area contributed by atoms with E-state index in [-0.39, 0.29) is 11.7 Å². The molecule has 0 spiro atoms. The molecule has 3 rings (SSSR count). The summed E-state index contributed by atoms with van der Waals surface area (Å²) < 4.78 is 0. The molecular weight excluding hydrogens is 360 g/mol. The van der Waals surface area contributed by atoms with Crippen LogP contribution >= 0.6 is 0 Å². The van der Waals surface area contributed by atoms with Crippen LogP contribution in [0.2, 0.25) is 0 Å². The first-order valence-electron chi connectivity index (χ1n) is 10.2. The van der Waals surface area contributed by atoms with E-state index >= 15 is 0 Å². The summed E-state index contributed by atoms with van der Waals surface area (Å²) >= 11 is 0. The Kier molecular flexibility index (Phi) is 6.53. The van der Waals surface area contributed by atoms with Gasteiger partial charge < -0.3 is 10.0 Å². The highest BCUT2D eigenvalue weighted by molar-refractivity contribution is 6.05. The van der Waals surface area contributed by atoms with Crippen molar-refractivity contribution in [1.29, 1.82) is 0 Å². The SMILES string of the molecule is C=CCN=C(CCC(C)C)c1cc(C(=O)N2Cc3ccccc3C2)c(O)cc1C. The van der Waals surface area contributed by atoms with E-state index in [1.807, 2.05) is 25.1 Å². The molecular formula is C25H30N2O2. The van der Waals surface area contributed by atoms with Crippen LogP contribution < -0.4 is 0 Å². The highest BCUT2D eigenvalue weighted by atomic mass is 16.3. The number of aromatic hydroxyl groups is 1. The number of rotatable bonds is 7. The topological polar surface area (TPSA) is 52.9 Å². The van der Waals surface area contributed by atoms with E-state index < -0.39 is 0 Å². The number of benzene rings is 2. The summed E-state index contributed by atoms with van der Waals surface area (Å²) in [5.41, 5.74) is 5.50. The molecule has 0 unspecified atom stereocenters. The van der Waals surface area contributed by atoms with Gasteiger partial charge in [0.25, 0.3) is 5.91 Å². The third-order valence-corrected chi connectivity index (χ3v) is 5.38. The van der Waals surface area contributed by atoms with Crippen LogP contribution in [-0.2, 0) is 13.1 Å². The normalized spacial score (nSPS) is 13.7. The predicted octanol–water partition coefficient (Wildman–Crippen LogP) is 5.27. The molecule has 29 heavy (non-hydrogen) atoms. The molecule has 1 amide bonds. The number of phenols is 1. The van der Waals surface area contributed by atoms with Crippen molar-refractivity contribution in [2.24, 2.45) is 10.9 Å². The average molecular weight is 391 g/mol. The number of phenolic OH excluding ortho intramolecular Hbond substituents is 1. The standard InChI is InChI=1S/C25H30N2O2/c1-5-12-26-23(11-10-17(2)3)21-14-22(24(28)13-18(21)4)25(29)27-15-19-8-6-7-9-20(19)16-27/h5-9,13-14,17,28H,1,10-12,15-16H2,2-4H3. The molecule has 2 aromatic carbocycles. The Bertz CT molecular complexity index is 919. The molecule has 2 aromatic rings. The van der Waals surface area contributed by atoms with E-state index in [1.165, 1.54) is 0 Å². The maximum absolute atomic E-state index is 13.2. The lowest BCUT2D eigenvalue weighted by atomic mass is 9.94. The minimum absolute atomic E-state index is 0.0270. The van der Waals surface area contributed by atoms with Gasteiger partial charge in [0.15, 0.2) is 0 Å². The van der Waals surface area contributed by atoms with Crippen LogP contribution in [0.4, 0.5) is 0 Å².